The number of hydrogen-bond donors (Lipinski definition) is 2. The first-order valence-corrected chi connectivity index (χ1v) is 10.4. The highest BCUT2D eigenvalue weighted by Gasteiger charge is 2.24. The van der Waals surface area contributed by atoms with E-state index < -0.39 is 0 Å². The second kappa shape index (κ2) is 10.6. The van der Waals surface area contributed by atoms with Gasteiger partial charge in [0.25, 0.3) is 0 Å². The minimum Gasteiger partial charge on any atom is -0.496 e. The molecule has 0 aliphatic carbocycles. The van der Waals surface area contributed by atoms with Gasteiger partial charge in [-0.05, 0) is 43.6 Å². The van der Waals surface area contributed by atoms with Gasteiger partial charge in [0.1, 0.15) is 5.75 Å². The number of aromatic nitrogens is 2. The van der Waals surface area contributed by atoms with Crippen molar-refractivity contribution in [2.75, 3.05) is 25.5 Å². The van der Waals surface area contributed by atoms with E-state index in [9.17, 15) is 4.79 Å². The molecule has 2 aromatic carbocycles. The molecule has 0 saturated heterocycles. The molecule has 1 amide bonds. The molecule has 0 saturated carbocycles. The maximum atomic E-state index is 13.2. The summed E-state index contributed by atoms with van der Waals surface area (Å²) in [5, 5.41) is 9.90. The molecule has 0 spiro atoms. The number of aryl methyl sites for hydroxylation is 1. The number of methoxy groups -OCH3 is 1. The van der Waals surface area contributed by atoms with Crippen LogP contribution in [0.1, 0.15) is 25.8 Å². The lowest BCUT2D eigenvalue weighted by Crippen LogP contribution is -2.44. The summed E-state index contributed by atoms with van der Waals surface area (Å²) in [6.45, 7) is 5.84. The Hall–Kier alpha value is -3.12. The average Bonchev–Trinajstić information content (AvgIpc) is 3.32. The fourth-order valence-electron chi connectivity index (χ4n) is 3.72. The van der Waals surface area contributed by atoms with Crippen LogP contribution in [0.25, 0.3) is 11.1 Å². The van der Waals surface area contributed by atoms with Gasteiger partial charge in [0.05, 0.1) is 19.3 Å². The Morgan fingerprint density at radius 3 is 2.57 bits per heavy atom. The quantitative estimate of drug-likeness (QED) is 0.525. The molecule has 0 radical (unpaired) electrons. The van der Waals surface area contributed by atoms with Crippen LogP contribution < -0.4 is 10.1 Å². The Morgan fingerprint density at radius 2 is 1.93 bits per heavy atom. The molecule has 0 bridgehead atoms. The second-order valence-corrected chi connectivity index (χ2v) is 7.15. The van der Waals surface area contributed by atoms with Crippen molar-refractivity contribution < 1.29 is 9.53 Å². The molecule has 6 heteroatoms. The zero-order valence-electron chi connectivity index (χ0n) is 17.9. The minimum atomic E-state index is -0.195. The maximum Gasteiger partial charge on any atom is 0.241 e. The number of hydrogen-bond acceptors (Lipinski definition) is 4. The SMILES string of the molecule is CCN(CC)[C@H](CCc1ccccc1)C(=O)Nc1ccc(-c2cn[nH]c2)c(OC)c1. The van der Waals surface area contributed by atoms with Gasteiger partial charge in [-0.3, -0.25) is 14.8 Å². The number of ether oxygens (including phenoxy) is 1. The number of H-pyrrole nitrogens is 1. The summed E-state index contributed by atoms with van der Waals surface area (Å²) in [5.74, 6) is 0.700. The molecule has 0 aliphatic heterocycles. The third-order valence-electron chi connectivity index (χ3n) is 5.38. The molecule has 2 N–H and O–H groups in total. The van der Waals surface area contributed by atoms with E-state index in [-0.39, 0.29) is 11.9 Å². The molecule has 3 aromatic rings. The van der Waals surface area contributed by atoms with Gasteiger partial charge in [-0.2, -0.15) is 5.10 Å². The van der Waals surface area contributed by atoms with Crippen LogP contribution in [-0.4, -0.2) is 47.2 Å². The van der Waals surface area contributed by atoms with Gasteiger partial charge >= 0.3 is 0 Å². The molecule has 0 unspecified atom stereocenters. The molecule has 1 aromatic heterocycles. The zero-order chi connectivity index (χ0) is 21.3. The van der Waals surface area contributed by atoms with Crippen LogP contribution >= 0.6 is 0 Å². The lowest BCUT2D eigenvalue weighted by molar-refractivity contribution is -0.121. The molecule has 0 aliphatic rings. The molecule has 1 atom stereocenters. The summed E-state index contributed by atoms with van der Waals surface area (Å²) in [5.41, 5.74) is 3.83. The summed E-state index contributed by atoms with van der Waals surface area (Å²) < 4.78 is 5.54. The summed E-state index contributed by atoms with van der Waals surface area (Å²) in [7, 11) is 1.63. The number of amides is 1. The van der Waals surface area contributed by atoms with Gasteiger partial charge in [-0.25, -0.2) is 0 Å². The number of nitrogens with zero attached hydrogens (tertiary/aromatic N) is 2. The van der Waals surface area contributed by atoms with Gasteiger partial charge in [0.2, 0.25) is 5.91 Å². The van der Waals surface area contributed by atoms with Crippen molar-refractivity contribution in [3.8, 4) is 16.9 Å². The fraction of sp³-hybridized carbons (Fsp3) is 0.333. The molecule has 30 heavy (non-hydrogen) atoms. The van der Waals surface area contributed by atoms with E-state index in [0.29, 0.717) is 5.75 Å². The second-order valence-electron chi connectivity index (χ2n) is 7.15. The first-order valence-electron chi connectivity index (χ1n) is 10.4. The van der Waals surface area contributed by atoms with Crippen molar-refractivity contribution in [3.63, 3.8) is 0 Å². The predicted molar refractivity (Wildman–Crippen MR) is 121 cm³/mol. The number of carbonyl (C=O) groups excluding carboxylic acids is 1. The van der Waals surface area contributed by atoms with E-state index in [1.165, 1.54) is 5.56 Å². The Bertz CT molecular complexity index is 922. The number of benzene rings is 2. The minimum absolute atomic E-state index is 0.00717. The van der Waals surface area contributed by atoms with Crippen molar-refractivity contribution in [1.82, 2.24) is 15.1 Å². The van der Waals surface area contributed by atoms with Gasteiger partial charge in [-0.15, -0.1) is 0 Å². The Kier molecular flexibility index (Phi) is 7.63. The number of aromatic amines is 1. The topological polar surface area (TPSA) is 70.2 Å². The largest absolute Gasteiger partial charge is 0.496 e. The smallest absolute Gasteiger partial charge is 0.241 e. The van der Waals surface area contributed by atoms with Gasteiger partial charge in [0, 0.05) is 29.1 Å². The monoisotopic (exact) mass is 406 g/mol. The van der Waals surface area contributed by atoms with Crippen molar-refractivity contribution in [2.45, 2.75) is 32.7 Å². The predicted octanol–water partition coefficient (Wildman–Crippen LogP) is 4.37. The molecule has 3 rings (SSSR count). The molecule has 158 valence electrons. The van der Waals surface area contributed by atoms with E-state index in [1.54, 1.807) is 13.3 Å². The molecular weight excluding hydrogens is 376 g/mol. The van der Waals surface area contributed by atoms with Gasteiger partial charge in [-0.1, -0.05) is 44.2 Å². The molecule has 6 nitrogen and oxygen atoms in total. The van der Waals surface area contributed by atoms with E-state index >= 15 is 0 Å². The van der Waals surface area contributed by atoms with Crippen LogP contribution in [0, 0.1) is 0 Å². The summed E-state index contributed by atoms with van der Waals surface area (Å²) in [6.07, 6.45) is 5.19. The lowest BCUT2D eigenvalue weighted by atomic mass is 10.0. The van der Waals surface area contributed by atoms with E-state index in [0.717, 1.165) is 42.7 Å². The van der Waals surface area contributed by atoms with Crippen LogP contribution in [0.5, 0.6) is 5.75 Å². The number of likely N-dealkylation sites (N-methyl/N-ethyl adjacent to an activating group) is 1. The number of anilines is 1. The summed E-state index contributed by atoms with van der Waals surface area (Å²) in [4.78, 5) is 15.4. The van der Waals surface area contributed by atoms with Crippen molar-refractivity contribution in [1.29, 1.82) is 0 Å². The maximum absolute atomic E-state index is 13.2. The fourth-order valence-corrected chi connectivity index (χ4v) is 3.72. The number of nitrogens with one attached hydrogen (secondary N) is 2. The van der Waals surface area contributed by atoms with Crippen LogP contribution in [0.4, 0.5) is 5.69 Å². The summed E-state index contributed by atoms with van der Waals surface area (Å²) in [6, 6.07) is 15.8. The van der Waals surface area contributed by atoms with Crippen molar-refractivity contribution in [3.05, 3.63) is 66.5 Å². The zero-order valence-corrected chi connectivity index (χ0v) is 17.9. The van der Waals surface area contributed by atoms with Crippen LogP contribution in [0.3, 0.4) is 0 Å². The van der Waals surface area contributed by atoms with Crippen molar-refractivity contribution >= 4 is 11.6 Å². The summed E-state index contributed by atoms with van der Waals surface area (Å²) >= 11 is 0. The lowest BCUT2D eigenvalue weighted by Gasteiger charge is -2.29. The Balaban J connectivity index is 1.75. The molecule has 1 heterocycles. The van der Waals surface area contributed by atoms with Gasteiger partial charge in [0.15, 0.2) is 0 Å². The van der Waals surface area contributed by atoms with E-state index in [2.05, 4.69) is 46.4 Å². The number of rotatable bonds is 10. The highest BCUT2D eigenvalue weighted by Crippen LogP contribution is 2.32. The normalized spacial score (nSPS) is 12.0. The number of carbonyl (C=O) groups is 1. The highest BCUT2D eigenvalue weighted by atomic mass is 16.5. The Labute approximate surface area is 178 Å². The average molecular weight is 407 g/mol. The van der Waals surface area contributed by atoms with E-state index in [1.807, 2.05) is 42.6 Å². The van der Waals surface area contributed by atoms with Crippen LogP contribution in [-0.2, 0) is 11.2 Å². The third-order valence-corrected chi connectivity index (χ3v) is 5.38. The first kappa shape index (κ1) is 21.6. The van der Waals surface area contributed by atoms with Crippen LogP contribution in [0.15, 0.2) is 60.9 Å². The standard InChI is InChI=1S/C24H30N4O2/c1-4-28(5-2)22(14-11-18-9-7-6-8-10-18)24(29)27-20-12-13-21(23(15-20)30-3)19-16-25-26-17-19/h6-10,12-13,15-17,22H,4-5,11,14H2,1-3H3,(H,25,26)(H,27,29)/t22-/m1/s1. The third kappa shape index (κ3) is 5.27. The van der Waals surface area contributed by atoms with E-state index in [4.69, 9.17) is 4.74 Å². The van der Waals surface area contributed by atoms with Crippen LogP contribution in [0.2, 0.25) is 0 Å². The highest BCUT2D eigenvalue weighted by molar-refractivity contribution is 5.95. The molecule has 0 fully saturated rings. The van der Waals surface area contributed by atoms with Gasteiger partial charge < -0.3 is 10.1 Å². The first-order chi connectivity index (χ1) is 14.7. The van der Waals surface area contributed by atoms with Crippen molar-refractivity contribution in [2.24, 2.45) is 0 Å². The Morgan fingerprint density at radius 1 is 1.17 bits per heavy atom. The molecular formula is C24H30N4O2.